The highest BCUT2D eigenvalue weighted by molar-refractivity contribution is 5.71. The smallest absolute Gasteiger partial charge is 0.344 e. The molecule has 0 saturated heterocycles. The number of ether oxygens (including phenoxy) is 5. The first-order valence-electron chi connectivity index (χ1n) is 10.6. The van der Waals surface area contributed by atoms with Crippen LogP contribution in [0.2, 0.25) is 0 Å². The number of carbonyl (C=O) groups excluding carboxylic acids is 1. The lowest BCUT2D eigenvalue weighted by molar-refractivity contribution is -0.145. The van der Waals surface area contributed by atoms with E-state index in [1.54, 1.807) is 19.1 Å². The molecule has 0 atom stereocenters. The molecule has 11 heteroatoms. The van der Waals surface area contributed by atoms with E-state index in [4.69, 9.17) is 23.7 Å². The molecule has 3 aromatic rings. The zero-order valence-electron chi connectivity index (χ0n) is 19.7. The molecule has 35 heavy (non-hydrogen) atoms. The number of esters is 1. The third kappa shape index (κ3) is 6.46. The van der Waals surface area contributed by atoms with Crippen molar-refractivity contribution in [3.05, 3.63) is 59.4 Å². The minimum Gasteiger partial charge on any atom is -0.494 e. The molecule has 9 nitrogen and oxygen atoms in total. The lowest BCUT2D eigenvalue weighted by atomic mass is 10.1. The van der Waals surface area contributed by atoms with E-state index >= 15 is 0 Å². The SMILES string of the molecule is CCOC(=O)COc1cc(Nc2ncc(OCc3c(F)c(OC)cc(OC)c3F)cn2)ccc1C. The van der Waals surface area contributed by atoms with Gasteiger partial charge in [0.05, 0.1) is 38.8 Å². The van der Waals surface area contributed by atoms with Gasteiger partial charge in [0.25, 0.3) is 0 Å². The summed E-state index contributed by atoms with van der Waals surface area (Å²) in [6.45, 7) is 3.20. The Morgan fingerprint density at radius 2 is 1.63 bits per heavy atom. The van der Waals surface area contributed by atoms with Crippen molar-refractivity contribution < 1.29 is 37.3 Å². The van der Waals surface area contributed by atoms with Gasteiger partial charge in [0.15, 0.2) is 35.5 Å². The van der Waals surface area contributed by atoms with Gasteiger partial charge in [-0.3, -0.25) is 0 Å². The predicted molar refractivity (Wildman–Crippen MR) is 122 cm³/mol. The molecule has 0 amide bonds. The fraction of sp³-hybridized carbons (Fsp3) is 0.292. The van der Waals surface area contributed by atoms with E-state index in [9.17, 15) is 13.6 Å². The first kappa shape index (κ1) is 25.5. The molecule has 186 valence electrons. The monoisotopic (exact) mass is 489 g/mol. The third-order valence-electron chi connectivity index (χ3n) is 4.77. The van der Waals surface area contributed by atoms with Crippen LogP contribution >= 0.6 is 0 Å². The Morgan fingerprint density at radius 1 is 0.971 bits per heavy atom. The first-order valence-corrected chi connectivity index (χ1v) is 10.6. The summed E-state index contributed by atoms with van der Waals surface area (Å²) < 4.78 is 54.6. The number of benzene rings is 2. The quantitative estimate of drug-likeness (QED) is 0.394. The van der Waals surface area contributed by atoms with Crippen LogP contribution in [0.15, 0.2) is 36.7 Å². The van der Waals surface area contributed by atoms with Crippen LogP contribution in [0, 0.1) is 18.6 Å². The van der Waals surface area contributed by atoms with Gasteiger partial charge in [0.2, 0.25) is 5.95 Å². The van der Waals surface area contributed by atoms with Crippen LogP contribution in [0.25, 0.3) is 0 Å². The molecule has 0 aliphatic rings. The van der Waals surface area contributed by atoms with Gasteiger partial charge in [0, 0.05) is 17.8 Å². The standard InChI is InChI=1S/C24H25F2N3O6/c1-5-33-21(30)13-35-18-8-15(7-6-14(18)2)29-24-27-10-16(11-28-24)34-12-17-22(25)19(31-3)9-20(32-4)23(17)26/h6-11H,5,12-13H2,1-4H3,(H,27,28,29). The number of hydrogen-bond acceptors (Lipinski definition) is 9. The second-order valence-electron chi connectivity index (χ2n) is 7.12. The molecule has 0 radical (unpaired) electrons. The average molecular weight is 489 g/mol. The average Bonchev–Trinajstić information content (AvgIpc) is 2.85. The number of anilines is 2. The van der Waals surface area contributed by atoms with E-state index in [-0.39, 0.29) is 42.0 Å². The molecule has 1 heterocycles. The van der Waals surface area contributed by atoms with Crippen LogP contribution in [-0.2, 0) is 16.1 Å². The lowest BCUT2D eigenvalue weighted by Gasteiger charge is -2.13. The molecule has 1 N–H and O–H groups in total. The Balaban J connectivity index is 1.65. The van der Waals surface area contributed by atoms with Crippen molar-refractivity contribution in [3.8, 4) is 23.0 Å². The van der Waals surface area contributed by atoms with Gasteiger partial charge in [-0.05, 0) is 25.5 Å². The molecule has 0 aliphatic carbocycles. The van der Waals surface area contributed by atoms with Gasteiger partial charge in [-0.15, -0.1) is 0 Å². The summed E-state index contributed by atoms with van der Waals surface area (Å²) in [5.74, 6) is -1.62. The van der Waals surface area contributed by atoms with Crippen molar-refractivity contribution in [2.45, 2.75) is 20.5 Å². The maximum atomic E-state index is 14.5. The number of nitrogens with zero attached hydrogens (tertiary/aromatic N) is 2. The number of halogens is 2. The van der Waals surface area contributed by atoms with Gasteiger partial charge in [0.1, 0.15) is 12.4 Å². The molecule has 0 aliphatic heterocycles. The summed E-state index contributed by atoms with van der Waals surface area (Å²) in [5.41, 5.74) is 1.10. The Hall–Kier alpha value is -4.15. The Bertz CT molecular complexity index is 1150. The molecule has 0 saturated carbocycles. The number of rotatable bonds is 11. The molecular weight excluding hydrogens is 464 g/mol. The summed E-state index contributed by atoms with van der Waals surface area (Å²) in [6, 6.07) is 6.42. The minimum atomic E-state index is -0.884. The van der Waals surface area contributed by atoms with E-state index in [1.807, 2.05) is 13.0 Å². The molecule has 3 rings (SSSR count). The maximum Gasteiger partial charge on any atom is 0.344 e. The molecule has 0 spiro atoms. The second kappa shape index (κ2) is 11.8. The van der Waals surface area contributed by atoms with Crippen LogP contribution in [0.3, 0.4) is 0 Å². The molecule has 1 aromatic heterocycles. The summed E-state index contributed by atoms with van der Waals surface area (Å²) in [4.78, 5) is 19.8. The molecule has 0 bridgehead atoms. The third-order valence-corrected chi connectivity index (χ3v) is 4.77. The van der Waals surface area contributed by atoms with Gasteiger partial charge in [-0.2, -0.15) is 0 Å². The largest absolute Gasteiger partial charge is 0.494 e. The molecular formula is C24H25F2N3O6. The fourth-order valence-corrected chi connectivity index (χ4v) is 2.98. The summed E-state index contributed by atoms with van der Waals surface area (Å²) >= 11 is 0. The van der Waals surface area contributed by atoms with Crippen LogP contribution in [0.5, 0.6) is 23.0 Å². The normalized spacial score (nSPS) is 10.5. The highest BCUT2D eigenvalue weighted by Crippen LogP contribution is 2.32. The van der Waals surface area contributed by atoms with Crippen molar-refractivity contribution in [1.29, 1.82) is 0 Å². The number of carbonyl (C=O) groups is 1. The number of aryl methyl sites for hydroxylation is 1. The lowest BCUT2D eigenvalue weighted by Crippen LogP contribution is -2.15. The molecule has 2 aromatic carbocycles. The van der Waals surface area contributed by atoms with E-state index in [0.717, 1.165) is 11.6 Å². The van der Waals surface area contributed by atoms with E-state index in [1.165, 1.54) is 26.6 Å². The summed E-state index contributed by atoms with van der Waals surface area (Å²) in [6.07, 6.45) is 2.71. The van der Waals surface area contributed by atoms with Crippen molar-refractivity contribution in [3.63, 3.8) is 0 Å². The van der Waals surface area contributed by atoms with Crippen LogP contribution < -0.4 is 24.3 Å². The number of aromatic nitrogens is 2. The second-order valence-corrected chi connectivity index (χ2v) is 7.12. The maximum absolute atomic E-state index is 14.5. The zero-order chi connectivity index (χ0) is 25.4. The summed E-state index contributed by atoms with van der Waals surface area (Å²) in [5, 5.41) is 3.01. The van der Waals surface area contributed by atoms with E-state index in [0.29, 0.717) is 11.4 Å². The topological polar surface area (TPSA) is 101 Å². The van der Waals surface area contributed by atoms with Gasteiger partial charge >= 0.3 is 5.97 Å². The summed E-state index contributed by atoms with van der Waals surface area (Å²) in [7, 11) is 2.53. The Labute approximate surface area is 201 Å². The van der Waals surface area contributed by atoms with E-state index in [2.05, 4.69) is 15.3 Å². The van der Waals surface area contributed by atoms with Crippen LogP contribution in [-0.4, -0.2) is 43.4 Å². The minimum absolute atomic E-state index is 0.165. The van der Waals surface area contributed by atoms with Crippen LogP contribution in [0.1, 0.15) is 18.1 Å². The van der Waals surface area contributed by atoms with Gasteiger partial charge in [-0.1, -0.05) is 6.07 Å². The molecule has 0 unspecified atom stereocenters. The highest BCUT2D eigenvalue weighted by Gasteiger charge is 2.20. The predicted octanol–water partition coefficient (Wildman–Crippen LogP) is 4.34. The van der Waals surface area contributed by atoms with Gasteiger partial charge in [-0.25, -0.2) is 23.5 Å². The fourth-order valence-electron chi connectivity index (χ4n) is 2.98. The van der Waals surface area contributed by atoms with Gasteiger partial charge < -0.3 is 29.0 Å². The number of nitrogens with one attached hydrogen (secondary N) is 1. The highest BCUT2D eigenvalue weighted by atomic mass is 19.1. The number of hydrogen-bond donors (Lipinski definition) is 1. The van der Waals surface area contributed by atoms with Crippen molar-refractivity contribution >= 4 is 17.6 Å². The van der Waals surface area contributed by atoms with Crippen molar-refractivity contribution in [2.75, 3.05) is 32.8 Å². The Morgan fingerprint density at radius 3 is 2.23 bits per heavy atom. The number of methoxy groups -OCH3 is 2. The Kier molecular flexibility index (Phi) is 8.60. The zero-order valence-corrected chi connectivity index (χ0v) is 19.7. The first-order chi connectivity index (χ1) is 16.9. The molecule has 0 fully saturated rings. The van der Waals surface area contributed by atoms with E-state index < -0.39 is 24.2 Å². The van der Waals surface area contributed by atoms with Crippen molar-refractivity contribution in [1.82, 2.24) is 9.97 Å². The van der Waals surface area contributed by atoms with Crippen LogP contribution in [0.4, 0.5) is 20.4 Å². The van der Waals surface area contributed by atoms with Crippen molar-refractivity contribution in [2.24, 2.45) is 0 Å².